The highest BCUT2D eigenvalue weighted by Crippen LogP contribution is 2.27. The minimum Gasteiger partial charge on any atom is -0.334 e. The molecule has 1 aliphatic carbocycles. The van der Waals surface area contributed by atoms with Crippen molar-refractivity contribution in [2.75, 3.05) is 6.54 Å². The highest BCUT2D eigenvalue weighted by atomic mass is 35.5. The standard InChI is InChI=1S/C29H31ClN2O4S/c1-3-32(27-11-7-6-10-26(27)31-37(35,36)23-18-12-20(2)13-19-23)29(34)25-9-5-4-8-24(25)28(33)21-14-16-22(30)17-15-21/h4-5,8-9,12-19,26-27,31H,3,6-7,10-11H2,1-2H3/t26-,27+/m0/s1. The van der Waals surface area contributed by atoms with Crippen molar-refractivity contribution >= 4 is 33.3 Å². The monoisotopic (exact) mass is 538 g/mol. The number of halogens is 1. The van der Waals surface area contributed by atoms with Gasteiger partial charge in [0.15, 0.2) is 5.78 Å². The second-order valence-electron chi connectivity index (χ2n) is 9.37. The predicted molar refractivity (Wildman–Crippen MR) is 146 cm³/mol. The molecule has 1 aliphatic rings. The number of hydrogen-bond donors (Lipinski definition) is 1. The number of likely N-dealkylation sites (N-methyl/N-ethyl adjacent to an activating group) is 1. The smallest absolute Gasteiger partial charge is 0.254 e. The first-order valence-corrected chi connectivity index (χ1v) is 14.4. The highest BCUT2D eigenvalue weighted by molar-refractivity contribution is 7.89. The maximum Gasteiger partial charge on any atom is 0.254 e. The molecule has 2 atom stereocenters. The van der Waals surface area contributed by atoms with E-state index in [4.69, 9.17) is 11.6 Å². The molecule has 0 aliphatic heterocycles. The first-order valence-electron chi connectivity index (χ1n) is 12.5. The van der Waals surface area contributed by atoms with Crippen LogP contribution in [0.3, 0.4) is 0 Å². The molecule has 1 fully saturated rings. The molecule has 0 radical (unpaired) electrons. The van der Waals surface area contributed by atoms with Crippen molar-refractivity contribution in [3.63, 3.8) is 0 Å². The van der Waals surface area contributed by atoms with Gasteiger partial charge in [-0.3, -0.25) is 9.59 Å². The lowest BCUT2D eigenvalue weighted by Gasteiger charge is -2.40. The number of amides is 1. The number of sulfonamides is 1. The summed E-state index contributed by atoms with van der Waals surface area (Å²) in [6, 6.07) is 19.3. The molecule has 3 aromatic rings. The highest BCUT2D eigenvalue weighted by Gasteiger charge is 2.36. The molecular formula is C29H31ClN2O4S. The molecule has 8 heteroatoms. The van der Waals surface area contributed by atoms with E-state index >= 15 is 0 Å². The zero-order chi connectivity index (χ0) is 26.6. The van der Waals surface area contributed by atoms with Gasteiger partial charge in [0.2, 0.25) is 10.0 Å². The topological polar surface area (TPSA) is 83.6 Å². The SMILES string of the molecule is CCN(C(=O)c1ccccc1C(=O)c1ccc(Cl)cc1)[C@@H]1CCCC[C@@H]1NS(=O)(=O)c1ccc(C)cc1. The molecule has 0 unspecified atom stereocenters. The fourth-order valence-electron chi connectivity index (χ4n) is 4.91. The van der Waals surface area contributed by atoms with Gasteiger partial charge in [-0.1, -0.05) is 60.3 Å². The molecule has 1 saturated carbocycles. The van der Waals surface area contributed by atoms with Crippen LogP contribution in [-0.2, 0) is 10.0 Å². The van der Waals surface area contributed by atoms with E-state index < -0.39 is 16.1 Å². The Labute approximate surface area is 223 Å². The molecule has 0 heterocycles. The number of nitrogens with one attached hydrogen (secondary N) is 1. The molecule has 4 rings (SSSR count). The van der Waals surface area contributed by atoms with Crippen LogP contribution in [0.2, 0.25) is 5.02 Å². The molecule has 194 valence electrons. The van der Waals surface area contributed by atoms with Gasteiger partial charge in [-0.25, -0.2) is 13.1 Å². The average Bonchev–Trinajstić information content (AvgIpc) is 2.90. The quantitative estimate of drug-likeness (QED) is 0.377. The van der Waals surface area contributed by atoms with E-state index in [0.29, 0.717) is 41.1 Å². The number of carbonyl (C=O) groups is 2. The van der Waals surface area contributed by atoms with Crippen molar-refractivity contribution in [1.82, 2.24) is 9.62 Å². The molecule has 0 saturated heterocycles. The van der Waals surface area contributed by atoms with Crippen LogP contribution >= 0.6 is 11.6 Å². The predicted octanol–water partition coefficient (Wildman–Crippen LogP) is 5.63. The van der Waals surface area contributed by atoms with Crippen molar-refractivity contribution in [2.45, 2.75) is 56.5 Å². The van der Waals surface area contributed by atoms with Gasteiger partial charge in [0.25, 0.3) is 5.91 Å². The van der Waals surface area contributed by atoms with Crippen LogP contribution in [0, 0.1) is 6.92 Å². The molecule has 0 spiro atoms. The molecule has 0 bridgehead atoms. The van der Waals surface area contributed by atoms with Crippen molar-refractivity contribution in [2.24, 2.45) is 0 Å². The Morgan fingerprint density at radius 1 is 0.919 bits per heavy atom. The Morgan fingerprint density at radius 2 is 1.54 bits per heavy atom. The first kappa shape index (κ1) is 27.0. The molecule has 3 aromatic carbocycles. The summed E-state index contributed by atoms with van der Waals surface area (Å²) >= 11 is 5.98. The number of benzene rings is 3. The van der Waals surface area contributed by atoms with Crippen LogP contribution in [0.25, 0.3) is 0 Å². The Bertz CT molecular complexity index is 1370. The number of carbonyl (C=O) groups excluding carboxylic acids is 2. The third-order valence-electron chi connectivity index (χ3n) is 6.88. The average molecular weight is 539 g/mol. The number of rotatable bonds is 8. The van der Waals surface area contributed by atoms with Crippen LogP contribution in [-0.4, -0.2) is 43.6 Å². The van der Waals surface area contributed by atoms with E-state index in [1.807, 2.05) is 13.8 Å². The fraction of sp³-hybridized carbons (Fsp3) is 0.310. The van der Waals surface area contributed by atoms with Crippen molar-refractivity contribution in [1.29, 1.82) is 0 Å². The van der Waals surface area contributed by atoms with E-state index in [1.54, 1.807) is 77.7 Å². The zero-order valence-electron chi connectivity index (χ0n) is 21.0. The number of nitrogens with zero attached hydrogens (tertiary/aromatic N) is 1. The van der Waals surface area contributed by atoms with Gasteiger partial charge in [-0.15, -0.1) is 0 Å². The van der Waals surface area contributed by atoms with Crippen LogP contribution < -0.4 is 4.72 Å². The summed E-state index contributed by atoms with van der Waals surface area (Å²) in [7, 11) is -3.76. The summed E-state index contributed by atoms with van der Waals surface area (Å²) in [4.78, 5) is 29.1. The molecule has 1 amide bonds. The van der Waals surface area contributed by atoms with Gasteiger partial charge in [0, 0.05) is 34.8 Å². The van der Waals surface area contributed by atoms with Crippen LogP contribution in [0.5, 0.6) is 0 Å². The first-order chi connectivity index (χ1) is 17.7. The van der Waals surface area contributed by atoms with Crippen molar-refractivity contribution in [3.05, 3.63) is 100 Å². The Morgan fingerprint density at radius 3 is 2.19 bits per heavy atom. The largest absolute Gasteiger partial charge is 0.334 e. The van der Waals surface area contributed by atoms with E-state index in [1.165, 1.54) is 0 Å². The second-order valence-corrected chi connectivity index (χ2v) is 11.5. The third-order valence-corrected chi connectivity index (χ3v) is 8.64. The molecule has 0 aromatic heterocycles. The third kappa shape index (κ3) is 6.12. The minimum absolute atomic E-state index is 0.204. The minimum atomic E-state index is -3.76. The Balaban J connectivity index is 1.62. The molecule has 6 nitrogen and oxygen atoms in total. The fourth-order valence-corrected chi connectivity index (χ4v) is 6.34. The summed E-state index contributed by atoms with van der Waals surface area (Å²) in [6.45, 7) is 4.17. The maximum atomic E-state index is 13.9. The second kappa shape index (κ2) is 11.6. The van der Waals surface area contributed by atoms with E-state index in [0.717, 1.165) is 18.4 Å². The summed E-state index contributed by atoms with van der Waals surface area (Å²) < 4.78 is 29.2. The number of ketones is 1. The van der Waals surface area contributed by atoms with Crippen LogP contribution in [0.1, 0.15) is 64.4 Å². The van der Waals surface area contributed by atoms with E-state index in [9.17, 15) is 18.0 Å². The number of hydrogen-bond acceptors (Lipinski definition) is 4. The summed E-state index contributed by atoms with van der Waals surface area (Å²) in [5, 5.41) is 0.523. The van der Waals surface area contributed by atoms with Gasteiger partial charge >= 0.3 is 0 Å². The normalized spacial score (nSPS) is 17.8. The van der Waals surface area contributed by atoms with Gasteiger partial charge in [-0.05, 0) is 69.2 Å². The van der Waals surface area contributed by atoms with Crippen LogP contribution in [0.15, 0.2) is 77.7 Å². The molecular weight excluding hydrogens is 508 g/mol. The lowest BCUT2D eigenvalue weighted by molar-refractivity contribution is 0.0606. The van der Waals surface area contributed by atoms with E-state index in [-0.39, 0.29) is 22.6 Å². The van der Waals surface area contributed by atoms with Crippen molar-refractivity contribution in [3.8, 4) is 0 Å². The van der Waals surface area contributed by atoms with Crippen LogP contribution in [0.4, 0.5) is 0 Å². The Kier molecular flexibility index (Phi) is 8.47. The summed E-state index contributed by atoms with van der Waals surface area (Å²) in [5.41, 5.74) is 2.02. The zero-order valence-corrected chi connectivity index (χ0v) is 22.6. The maximum absolute atomic E-state index is 13.9. The lowest BCUT2D eigenvalue weighted by Crippen LogP contribution is -2.55. The van der Waals surface area contributed by atoms with Gasteiger partial charge in [-0.2, -0.15) is 0 Å². The van der Waals surface area contributed by atoms with Gasteiger partial charge in [0.1, 0.15) is 0 Å². The molecule has 1 N–H and O–H groups in total. The Hall–Kier alpha value is -3.00. The summed E-state index contributed by atoms with van der Waals surface area (Å²) in [5.74, 6) is -0.552. The van der Waals surface area contributed by atoms with Gasteiger partial charge < -0.3 is 4.90 Å². The molecule has 37 heavy (non-hydrogen) atoms. The number of aryl methyl sites for hydroxylation is 1. The summed E-state index contributed by atoms with van der Waals surface area (Å²) in [6.07, 6.45) is 3.07. The van der Waals surface area contributed by atoms with Crippen molar-refractivity contribution < 1.29 is 18.0 Å². The van der Waals surface area contributed by atoms with E-state index in [2.05, 4.69) is 4.72 Å². The lowest BCUT2D eigenvalue weighted by atomic mass is 9.89. The van der Waals surface area contributed by atoms with Gasteiger partial charge in [0.05, 0.1) is 10.5 Å².